The number of guanidine groups is 1. The van der Waals surface area contributed by atoms with Crippen molar-refractivity contribution in [2.24, 2.45) is 4.99 Å². The van der Waals surface area contributed by atoms with E-state index in [9.17, 15) is 0 Å². The van der Waals surface area contributed by atoms with E-state index in [1.54, 1.807) is 31.6 Å². The quantitative estimate of drug-likeness (QED) is 0.477. The van der Waals surface area contributed by atoms with Crippen molar-refractivity contribution >= 4 is 29.2 Å². The van der Waals surface area contributed by atoms with E-state index < -0.39 is 0 Å². The van der Waals surface area contributed by atoms with Gasteiger partial charge in [-0.15, -0.1) is 0 Å². The van der Waals surface area contributed by atoms with E-state index in [4.69, 9.17) is 23.2 Å². The molecule has 0 aromatic carbocycles. The molecule has 0 saturated heterocycles. The maximum atomic E-state index is 5.77. The lowest BCUT2D eigenvalue weighted by Crippen LogP contribution is -2.39. The van der Waals surface area contributed by atoms with Crippen LogP contribution in [0, 0.1) is 0 Å². The van der Waals surface area contributed by atoms with Crippen LogP contribution in [-0.2, 0) is 12.8 Å². The maximum Gasteiger partial charge on any atom is 0.190 e. The highest BCUT2D eigenvalue weighted by atomic mass is 35.5. The summed E-state index contributed by atoms with van der Waals surface area (Å²) in [6, 6.07) is 7.54. The fraction of sp³-hybridized carbons (Fsp3) is 0.312. The van der Waals surface area contributed by atoms with Crippen LogP contribution in [0.25, 0.3) is 0 Å². The molecular formula is C16H19Cl2N5. The second-order valence-corrected chi connectivity index (χ2v) is 5.68. The Hall–Kier alpha value is -1.85. The van der Waals surface area contributed by atoms with Crippen LogP contribution < -0.4 is 10.6 Å². The number of nitrogens with one attached hydrogen (secondary N) is 2. The number of rotatable bonds is 6. The SMILES string of the molecule is CN=C(NCCc1ccc(Cl)nc1)NCCc1ccc(Cl)nc1. The summed E-state index contributed by atoms with van der Waals surface area (Å²) in [5.41, 5.74) is 2.26. The van der Waals surface area contributed by atoms with Gasteiger partial charge in [0.15, 0.2) is 5.96 Å². The van der Waals surface area contributed by atoms with Gasteiger partial charge in [0.1, 0.15) is 10.3 Å². The van der Waals surface area contributed by atoms with Crippen molar-refractivity contribution in [1.29, 1.82) is 0 Å². The van der Waals surface area contributed by atoms with Crippen LogP contribution in [0.2, 0.25) is 10.3 Å². The van der Waals surface area contributed by atoms with Gasteiger partial charge in [0.25, 0.3) is 0 Å². The highest BCUT2D eigenvalue weighted by Gasteiger charge is 2.00. The average molecular weight is 352 g/mol. The van der Waals surface area contributed by atoms with Crippen molar-refractivity contribution in [1.82, 2.24) is 20.6 Å². The van der Waals surface area contributed by atoms with Gasteiger partial charge in [0.2, 0.25) is 0 Å². The van der Waals surface area contributed by atoms with E-state index in [1.165, 1.54) is 0 Å². The number of hydrogen-bond acceptors (Lipinski definition) is 3. The van der Waals surface area contributed by atoms with Gasteiger partial charge in [-0.05, 0) is 36.1 Å². The number of aliphatic imine (C=N–C) groups is 1. The first-order valence-corrected chi connectivity index (χ1v) is 8.08. The molecule has 122 valence electrons. The number of aromatic nitrogens is 2. The van der Waals surface area contributed by atoms with Gasteiger partial charge in [-0.2, -0.15) is 0 Å². The fourth-order valence-corrected chi connectivity index (χ4v) is 2.20. The Balaban J connectivity index is 1.69. The molecule has 0 atom stereocenters. The van der Waals surface area contributed by atoms with Gasteiger partial charge in [0, 0.05) is 32.5 Å². The summed E-state index contributed by atoms with van der Waals surface area (Å²) >= 11 is 11.5. The predicted molar refractivity (Wildman–Crippen MR) is 95.3 cm³/mol. The molecule has 0 aliphatic carbocycles. The first kappa shape index (κ1) is 17.5. The zero-order valence-electron chi connectivity index (χ0n) is 12.9. The van der Waals surface area contributed by atoms with Crippen LogP contribution in [0.15, 0.2) is 41.7 Å². The van der Waals surface area contributed by atoms with Gasteiger partial charge in [-0.1, -0.05) is 35.3 Å². The van der Waals surface area contributed by atoms with E-state index >= 15 is 0 Å². The standard InChI is InChI=1S/C16H19Cl2N5/c1-19-16(20-8-6-12-2-4-14(17)22-10-12)21-9-7-13-3-5-15(18)23-11-13/h2-5,10-11H,6-9H2,1H3,(H2,19,20,21). The van der Waals surface area contributed by atoms with Crippen LogP contribution in [0.1, 0.15) is 11.1 Å². The largest absolute Gasteiger partial charge is 0.356 e. The molecule has 0 fully saturated rings. The third-order valence-electron chi connectivity index (χ3n) is 3.21. The highest BCUT2D eigenvalue weighted by Crippen LogP contribution is 2.06. The Bertz CT molecular complexity index is 572. The smallest absolute Gasteiger partial charge is 0.190 e. The summed E-state index contributed by atoms with van der Waals surface area (Å²) in [6.45, 7) is 1.54. The Morgan fingerprint density at radius 3 is 1.74 bits per heavy atom. The Kier molecular flexibility index (Phi) is 7.10. The zero-order valence-corrected chi connectivity index (χ0v) is 14.4. The van der Waals surface area contributed by atoms with Crippen molar-refractivity contribution < 1.29 is 0 Å². The number of pyridine rings is 2. The molecule has 0 bridgehead atoms. The third kappa shape index (κ3) is 6.42. The van der Waals surface area contributed by atoms with E-state index in [1.807, 2.05) is 12.1 Å². The average Bonchev–Trinajstić information content (AvgIpc) is 2.57. The second-order valence-electron chi connectivity index (χ2n) is 4.90. The lowest BCUT2D eigenvalue weighted by molar-refractivity contribution is 0.782. The van der Waals surface area contributed by atoms with Gasteiger partial charge in [0.05, 0.1) is 0 Å². The molecule has 2 N–H and O–H groups in total. The lowest BCUT2D eigenvalue weighted by Gasteiger charge is -2.11. The molecule has 7 heteroatoms. The molecule has 0 radical (unpaired) electrons. The summed E-state index contributed by atoms with van der Waals surface area (Å²) in [4.78, 5) is 12.3. The number of hydrogen-bond donors (Lipinski definition) is 2. The van der Waals surface area contributed by atoms with Gasteiger partial charge >= 0.3 is 0 Å². The topological polar surface area (TPSA) is 62.2 Å². The molecule has 2 aromatic rings. The van der Waals surface area contributed by atoms with Crippen LogP contribution in [-0.4, -0.2) is 36.1 Å². The number of halogens is 2. The summed E-state index contributed by atoms with van der Waals surface area (Å²) in [5.74, 6) is 0.772. The predicted octanol–water partition coefficient (Wildman–Crippen LogP) is 2.73. The second kappa shape index (κ2) is 9.33. The maximum absolute atomic E-state index is 5.77. The van der Waals surface area contributed by atoms with Crippen LogP contribution in [0.5, 0.6) is 0 Å². The molecule has 0 aliphatic rings. The van der Waals surface area contributed by atoms with Crippen LogP contribution >= 0.6 is 23.2 Å². The monoisotopic (exact) mass is 351 g/mol. The summed E-state index contributed by atoms with van der Waals surface area (Å²) in [7, 11) is 1.75. The fourth-order valence-electron chi connectivity index (χ4n) is 1.98. The van der Waals surface area contributed by atoms with Crippen molar-refractivity contribution in [3.8, 4) is 0 Å². The van der Waals surface area contributed by atoms with Crippen molar-refractivity contribution in [2.45, 2.75) is 12.8 Å². The van der Waals surface area contributed by atoms with Crippen LogP contribution in [0.3, 0.4) is 0 Å². The minimum atomic E-state index is 0.510. The van der Waals surface area contributed by atoms with E-state index in [-0.39, 0.29) is 0 Å². The van der Waals surface area contributed by atoms with Crippen molar-refractivity contribution in [3.63, 3.8) is 0 Å². The Labute approximate surface area is 146 Å². The molecule has 0 saturated carbocycles. The molecule has 0 aliphatic heterocycles. The molecule has 0 unspecified atom stereocenters. The van der Waals surface area contributed by atoms with E-state index in [2.05, 4.69) is 25.6 Å². The zero-order chi connectivity index (χ0) is 16.5. The van der Waals surface area contributed by atoms with Crippen LogP contribution in [0.4, 0.5) is 0 Å². The Morgan fingerprint density at radius 2 is 1.39 bits per heavy atom. The van der Waals surface area contributed by atoms with Gasteiger partial charge in [-0.25, -0.2) is 9.97 Å². The molecule has 23 heavy (non-hydrogen) atoms. The first-order valence-electron chi connectivity index (χ1n) is 7.33. The third-order valence-corrected chi connectivity index (χ3v) is 3.66. The van der Waals surface area contributed by atoms with Gasteiger partial charge in [-0.3, -0.25) is 4.99 Å². The first-order chi connectivity index (χ1) is 11.2. The molecular weight excluding hydrogens is 333 g/mol. The molecule has 0 amide bonds. The minimum absolute atomic E-state index is 0.510. The van der Waals surface area contributed by atoms with Gasteiger partial charge < -0.3 is 10.6 Å². The number of nitrogens with zero attached hydrogens (tertiary/aromatic N) is 3. The molecule has 5 nitrogen and oxygen atoms in total. The molecule has 2 heterocycles. The Morgan fingerprint density at radius 1 is 0.913 bits per heavy atom. The molecule has 0 spiro atoms. The minimum Gasteiger partial charge on any atom is -0.356 e. The normalized spacial score (nSPS) is 10.2. The summed E-state index contributed by atoms with van der Waals surface area (Å²) in [5, 5.41) is 7.56. The summed E-state index contributed by atoms with van der Waals surface area (Å²) in [6.07, 6.45) is 5.28. The van der Waals surface area contributed by atoms with Crippen molar-refractivity contribution in [3.05, 3.63) is 58.1 Å². The molecule has 2 rings (SSSR count). The van der Waals surface area contributed by atoms with E-state index in [0.717, 1.165) is 43.0 Å². The lowest BCUT2D eigenvalue weighted by atomic mass is 10.2. The van der Waals surface area contributed by atoms with Crippen molar-refractivity contribution in [2.75, 3.05) is 20.1 Å². The highest BCUT2D eigenvalue weighted by molar-refractivity contribution is 6.29. The van der Waals surface area contributed by atoms with E-state index in [0.29, 0.717) is 10.3 Å². The summed E-state index contributed by atoms with van der Waals surface area (Å²) < 4.78 is 0. The molecule has 2 aromatic heterocycles.